The Bertz CT molecular complexity index is 361. The van der Waals surface area contributed by atoms with Crippen molar-refractivity contribution in [2.24, 2.45) is 0 Å². The van der Waals surface area contributed by atoms with E-state index in [4.69, 9.17) is 4.74 Å². The second-order valence-electron chi connectivity index (χ2n) is 4.32. The van der Waals surface area contributed by atoms with Crippen molar-refractivity contribution in [3.05, 3.63) is 29.6 Å². The van der Waals surface area contributed by atoms with Gasteiger partial charge in [0, 0.05) is 6.04 Å². The maximum absolute atomic E-state index is 13.5. The number of halogens is 1. The van der Waals surface area contributed by atoms with E-state index in [0.29, 0.717) is 17.7 Å². The van der Waals surface area contributed by atoms with Crippen LogP contribution in [0.5, 0.6) is 5.75 Å². The fraction of sp³-hybridized carbons (Fsp3) is 0.538. The highest BCUT2D eigenvalue weighted by molar-refractivity contribution is 5.32. The van der Waals surface area contributed by atoms with Crippen LogP contribution in [0.2, 0.25) is 0 Å². The number of rotatable bonds is 4. The summed E-state index contributed by atoms with van der Waals surface area (Å²) in [5.41, 5.74) is 1.09. The molecular formula is C13H18FNO. The predicted octanol–water partition coefficient (Wildman–Crippen LogP) is 2.69. The zero-order valence-corrected chi connectivity index (χ0v) is 9.79. The van der Waals surface area contributed by atoms with Crippen LogP contribution >= 0.6 is 0 Å². The first kappa shape index (κ1) is 11.4. The Labute approximate surface area is 95.8 Å². The van der Waals surface area contributed by atoms with E-state index in [1.54, 1.807) is 12.1 Å². The molecule has 1 aromatic carbocycles. The lowest BCUT2D eigenvalue weighted by atomic mass is 9.76. The molecule has 1 fully saturated rings. The Hall–Kier alpha value is -1.09. The first-order valence-electron chi connectivity index (χ1n) is 5.81. The third kappa shape index (κ3) is 2.19. The highest BCUT2D eigenvalue weighted by atomic mass is 19.1. The largest absolute Gasteiger partial charge is 0.494 e. The van der Waals surface area contributed by atoms with Gasteiger partial charge in [0.2, 0.25) is 0 Å². The molecule has 0 aliphatic heterocycles. The summed E-state index contributed by atoms with van der Waals surface area (Å²) >= 11 is 0. The van der Waals surface area contributed by atoms with E-state index >= 15 is 0 Å². The van der Waals surface area contributed by atoms with Crippen molar-refractivity contribution in [3.63, 3.8) is 0 Å². The van der Waals surface area contributed by atoms with E-state index in [-0.39, 0.29) is 5.82 Å². The Balaban J connectivity index is 1.99. The van der Waals surface area contributed by atoms with Crippen molar-refractivity contribution in [1.29, 1.82) is 0 Å². The van der Waals surface area contributed by atoms with E-state index < -0.39 is 0 Å². The maximum atomic E-state index is 13.5. The molecule has 0 atom stereocenters. The first-order chi connectivity index (χ1) is 7.74. The molecule has 0 amide bonds. The number of ether oxygens (including phenoxy) is 1. The zero-order valence-electron chi connectivity index (χ0n) is 9.79. The van der Waals surface area contributed by atoms with E-state index in [2.05, 4.69) is 12.2 Å². The summed E-state index contributed by atoms with van der Waals surface area (Å²) in [6.45, 7) is 3.12. The van der Waals surface area contributed by atoms with Gasteiger partial charge in [-0.25, -0.2) is 4.39 Å². The number of hydrogen-bond donors (Lipinski definition) is 1. The van der Waals surface area contributed by atoms with Gasteiger partial charge in [-0.2, -0.15) is 0 Å². The molecule has 0 saturated heterocycles. The molecule has 1 aliphatic carbocycles. The zero-order chi connectivity index (χ0) is 11.5. The highest BCUT2D eigenvalue weighted by Gasteiger charge is 2.29. The maximum Gasteiger partial charge on any atom is 0.165 e. The molecule has 1 saturated carbocycles. The third-order valence-corrected chi connectivity index (χ3v) is 3.28. The minimum absolute atomic E-state index is 0.257. The smallest absolute Gasteiger partial charge is 0.165 e. The lowest BCUT2D eigenvalue weighted by Gasteiger charge is -2.36. The van der Waals surface area contributed by atoms with Gasteiger partial charge in [0.1, 0.15) is 0 Å². The molecule has 1 aliphatic rings. The molecule has 2 rings (SSSR count). The van der Waals surface area contributed by atoms with Crippen LogP contribution in [0.3, 0.4) is 0 Å². The number of nitrogens with one attached hydrogen (secondary N) is 1. The predicted molar refractivity (Wildman–Crippen MR) is 62.4 cm³/mol. The highest BCUT2D eigenvalue weighted by Crippen LogP contribution is 2.37. The average molecular weight is 223 g/mol. The summed E-state index contributed by atoms with van der Waals surface area (Å²) in [7, 11) is 1.49. The second-order valence-corrected chi connectivity index (χ2v) is 4.32. The van der Waals surface area contributed by atoms with Gasteiger partial charge in [-0.1, -0.05) is 13.0 Å². The van der Waals surface area contributed by atoms with E-state index in [9.17, 15) is 4.39 Å². The Kier molecular flexibility index (Phi) is 3.44. The normalized spacial score (nSPS) is 23.9. The van der Waals surface area contributed by atoms with Crippen LogP contribution in [-0.4, -0.2) is 19.7 Å². The minimum atomic E-state index is -0.257. The Morgan fingerprint density at radius 3 is 2.75 bits per heavy atom. The summed E-state index contributed by atoms with van der Waals surface area (Å²) in [6.07, 6.45) is 2.22. The van der Waals surface area contributed by atoms with Gasteiger partial charge in [0.25, 0.3) is 0 Å². The summed E-state index contributed by atoms with van der Waals surface area (Å²) < 4.78 is 18.4. The lowest BCUT2D eigenvalue weighted by molar-refractivity contribution is 0.294. The quantitative estimate of drug-likeness (QED) is 0.847. The SMILES string of the molecule is CCNC1CC(c2ccc(OC)c(F)c2)C1. The molecule has 1 aromatic rings. The van der Waals surface area contributed by atoms with Gasteiger partial charge >= 0.3 is 0 Å². The van der Waals surface area contributed by atoms with E-state index in [1.807, 2.05) is 6.07 Å². The fourth-order valence-corrected chi connectivity index (χ4v) is 2.28. The average Bonchev–Trinajstić information content (AvgIpc) is 2.22. The number of benzene rings is 1. The molecule has 0 aromatic heterocycles. The van der Waals surface area contributed by atoms with Crippen LogP contribution in [0, 0.1) is 5.82 Å². The Morgan fingerprint density at radius 2 is 2.19 bits per heavy atom. The summed E-state index contributed by atoms with van der Waals surface area (Å²) in [5.74, 6) is 0.572. The van der Waals surface area contributed by atoms with Gasteiger partial charge in [-0.3, -0.25) is 0 Å². The molecule has 88 valence electrons. The minimum Gasteiger partial charge on any atom is -0.494 e. The van der Waals surface area contributed by atoms with Crippen molar-refractivity contribution >= 4 is 0 Å². The van der Waals surface area contributed by atoms with Crippen molar-refractivity contribution in [3.8, 4) is 5.75 Å². The molecule has 3 heteroatoms. The van der Waals surface area contributed by atoms with Crippen molar-refractivity contribution in [2.45, 2.75) is 31.7 Å². The molecule has 0 spiro atoms. The number of hydrogen-bond acceptors (Lipinski definition) is 2. The monoisotopic (exact) mass is 223 g/mol. The number of methoxy groups -OCH3 is 1. The molecule has 16 heavy (non-hydrogen) atoms. The standard InChI is InChI=1S/C13H18FNO/c1-3-15-11-6-10(7-11)9-4-5-13(16-2)12(14)8-9/h4-5,8,10-11,15H,3,6-7H2,1-2H3. The van der Waals surface area contributed by atoms with Gasteiger partial charge in [0.05, 0.1) is 7.11 Å². The molecule has 2 nitrogen and oxygen atoms in total. The summed E-state index contributed by atoms with van der Waals surface area (Å²) in [4.78, 5) is 0. The fourth-order valence-electron chi connectivity index (χ4n) is 2.28. The van der Waals surface area contributed by atoms with Gasteiger partial charge in [-0.05, 0) is 43.0 Å². The molecule has 0 radical (unpaired) electrons. The van der Waals surface area contributed by atoms with Crippen LogP contribution in [0.25, 0.3) is 0 Å². The van der Waals surface area contributed by atoms with Gasteiger partial charge in [-0.15, -0.1) is 0 Å². The van der Waals surface area contributed by atoms with Crippen LogP contribution in [-0.2, 0) is 0 Å². The molecule has 0 unspecified atom stereocenters. The molecule has 1 N–H and O–H groups in total. The van der Waals surface area contributed by atoms with Crippen molar-refractivity contribution in [2.75, 3.05) is 13.7 Å². The molecule has 0 heterocycles. The molecule has 0 bridgehead atoms. The van der Waals surface area contributed by atoms with Gasteiger partial charge < -0.3 is 10.1 Å². The second kappa shape index (κ2) is 4.83. The summed E-state index contributed by atoms with van der Waals surface area (Å²) in [5, 5.41) is 3.40. The van der Waals surface area contributed by atoms with Crippen LogP contribution in [0.1, 0.15) is 31.2 Å². The van der Waals surface area contributed by atoms with Crippen molar-refractivity contribution < 1.29 is 9.13 Å². The van der Waals surface area contributed by atoms with Crippen LogP contribution in [0.15, 0.2) is 18.2 Å². The Morgan fingerprint density at radius 1 is 1.44 bits per heavy atom. The molecular weight excluding hydrogens is 205 g/mol. The summed E-state index contributed by atoms with van der Waals surface area (Å²) in [6, 6.07) is 5.89. The topological polar surface area (TPSA) is 21.3 Å². The van der Waals surface area contributed by atoms with E-state index in [1.165, 1.54) is 7.11 Å². The van der Waals surface area contributed by atoms with Crippen molar-refractivity contribution in [1.82, 2.24) is 5.32 Å². The third-order valence-electron chi connectivity index (χ3n) is 3.28. The van der Waals surface area contributed by atoms with Crippen LogP contribution in [0.4, 0.5) is 4.39 Å². The first-order valence-corrected chi connectivity index (χ1v) is 5.81. The van der Waals surface area contributed by atoms with Gasteiger partial charge in [0.15, 0.2) is 11.6 Å². The lowest BCUT2D eigenvalue weighted by Crippen LogP contribution is -2.39. The van der Waals surface area contributed by atoms with Crippen LogP contribution < -0.4 is 10.1 Å². The van der Waals surface area contributed by atoms with E-state index in [0.717, 1.165) is 24.9 Å².